The van der Waals surface area contributed by atoms with Crippen LogP contribution in [0.1, 0.15) is 46.6 Å². The lowest BCUT2D eigenvalue weighted by atomic mass is 9.50. The standard InChI is InChI=1S/C30H37NO7/c1-15-13-20-24(37-20)23-26-29(5,38-26)16(2)22-19(14-18-9-7-6-8-10-18)31-27(34)30(22,23)21(36-17(3)32)11-12-28(4,35)25(15)33/h6-12,15-16,19-24,26,35H,13-14H2,1-5H3,(H,31,34). The third-order valence-electron chi connectivity index (χ3n) is 10.1. The number of aliphatic hydroxyl groups is 1. The Bertz CT molecular complexity index is 1200. The zero-order chi connectivity index (χ0) is 27.2. The highest BCUT2D eigenvalue weighted by atomic mass is 16.6. The minimum Gasteiger partial charge on any atom is -0.457 e. The maximum Gasteiger partial charge on any atom is 0.303 e. The molecule has 0 radical (unpaired) electrons. The van der Waals surface area contributed by atoms with Crippen LogP contribution in [0, 0.1) is 29.1 Å². The molecule has 0 aromatic heterocycles. The summed E-state index contributed by atoms with van der Waals surface area (Å²) in [4.78, 5) is 40.1. The highest BCUT2D eigenvalue weighted by molar-refractivity contribution is 5.91. The Morgan fingerprint density at radius 1 is 1.16 bits per heavy atom. The van der Waals surface area contributed by atoms with Crippen LogP contribution in [0.3, 0.4) is 0 Å². The van der Waals surface area contributed by atoms with Gasteiger partial charge < -0.3 is 24.6 Å². The Kier molecular flexibility index (Phi) is 5.73. The molecular weight excluding hydrogens is 486 g/mol. The van der Waals surface area contributed by atoms with Crippen molar-refractivity contribution in [3.8, 4) is 0 Å². The lowest BCUT2D eigenvalue weighted by molar-refractivity contribution is -0.166. The molecule has 4 fully saturated rings. The van der Waals surface area contributed by atoms with Crippen molar-refractivity contribution in [2.75, 3.05) is 0 Å². The monoisotopic (exact) mass is 523 g/mol. The number of carbonyl (C=O) groups is 3. The van der Waals surface area contributed by atoms with Gasteiger partial charge in [0.1, 0.15) is 17.1 Å². The van der Waals surface area contributed by atoms with Gasteiger partial charge >= 0.3 is 5.97 Å². The fourth-order valence-corrected chi connectivity index (χ4v) is 8.09. The molecule has 1 saturated carbocycles. The maximum atomic E-state index is 14.4. The second-order valence-corrected chi connectivity index (χ2v) is 12.4. The van der Waals surface area contributed by atoms with Gasteiger partial charge in [-0.15, -0.1) is 0 Å². The first-order valence-electron chi connectivity index (χ1n) is 13.7. The van der Waals surface area contributed by atoms with E-state index in [9.17, 15) is 19.5 Å². The van der Waals surface area contributed by atoms with Crippen LogP contribution < -0.4 is 5.32 Å². The topological polar surface area (TPSA) is 118 Å². The van der Waals surface area contributed by atoms with Gasteiger partial charge in [0, 0.05) is 30.7 Å². The van der Waals surface area contributed by atoms with Gasteiger partial charge in [-0.2, -0.15) is 0 Å². The van der Waals surface area contributed by atoms with E-state index in [4.69, 9.17) is 14.2 Å². The van der Waals surface area contributed by atoms with E-state index in [1.165, 1.54) is 19.9 Å². The van der Waals surface area contributed by atoms with Crippen molar-refractivity contribution in [1.82, 2.24) is 5.32 Å². The molecule has 1 amide bonds. The molecule has 2 N–H and O–H groups in total. The normalized spacial score (nSPS) is 48.9. The molecule has 1 spiro atoms. The molecule has 204 valence electrons. The van der Waals surface area contributed by atoms with E-state index in [2.05, 4.69) is 19.2 Å². The van der Waals surface area contributed by atoms with Gasteiger partial charge in [0.2, 0.25) is 5.91 Å². The summed E-state index contributed by atoms with van der Waals surface area (Å²) in [6, 6.07) is 9.80. The van der Waals surface area contributed by atoms with Gasteiger partial charge in [-0.3, -0.25) is 14.4 Å². The molecule has 8 nitrogen and oxygen atoms in total. The zero-order valence-electron chi connectivity index (χ0n) is 22.5. The summed E-state index contributed by atoms with van der Waals surface area (Å²) >= 11 is 0. The SMILES string of the molecule is CC(=O)OC1C=CC(C)(O)C(=O)C(C)CC2OC2C2C3OC3(C)C(C)C3C(Cc4ccccc4)NC(=O)C132. The molecule has 0 bridgehead atoms. The molecule has 2 aliphatic carbocycles. The molecular formula is C30H37NO7. The minimum atomic E-state index is -1.78. The average Bonchev–Trinajstić information content (AvgIpc) is 3.74. The van der Waals surface area contributed by atoms with Gasteiger partial charge in [0.25, 0.3) is 0 Å². The summed E-state index contributed by atoms with van der Waals surface area (Å²) in [6.45, 7) is 8.78. The summed E-state index contributed by atoms with van der Waals surface area (Å²) < 4.78 is 18.6. The third-order valence-corrected chi connectivity index (χ3v) is 10.1. The first kappa shape index (κ1) is 25.7. The number of ketones is 1. The van der Waals surface area contributed by atoms with Gasteiger partial charge in [0.15, 0.2) is 5.78 Å². The quantitative estimate of drug-likeness (QED) is 0.355. The van der Waals surface area contributed by atoms with Crippen molar-refractivity contribution in [2.45, 2.75) is 89.1 Å². The van der Waals surface area contributed by atoms with Crippen LogP contribution in [-0.4, -0.2) is 64.4 Å². The number of fused-ring (bicyclic) bond motifs is 4. The highest BCUT2D eigenvalue weighted by Crippen LogP contribution is 2.69. The molecule has 12 atom stereocenters. The summed E-state index contributed by atoms with van der Waals surface area (Å²) in [5, 5.41) is 14.4. The van der Waals surface area contributed by atoms with Crippen molar-refractivity contribution in [3.63, 3.8) is 0 Å². The Morgan fingerprint density at radius 2 is 1.87 bits per heavy atom. The van der Waals surface area contributed by atoms with Crippen LogP contribution in [0.4, 0.5) is 0 Å². The highest BCUT2D eigenvalue weighted by Gasteiger charge is 2.82. The Hall–Kier alpha value is -2.55. The maximum absolute atomic E-state index is 14.4. The summed E-state index contributed by atoms with van der Waals surface area (Å²) in [5.74, 6) is -2.17. The van der Waals surface area contributed by atoms with E-state index >= 15 is 0 Å². The van der Waals surface area contributed by atoms with Crippen molar-refractivity contribution in [1.29, 1.82) is 0 Å². The van der Waals surface area contributed by atoms with E-state index < -0.39 is 34.6 Å². The van der Waals surface area contributed by atoms with E-state index in [0.717, 1.165) is 5.56 Å². The molecule has 3 heterocycles. The first-order chi connectivity index (χ1) is 17.9. The van der Waals surface area contributed by atoms with Crippen molar-refractivity contribution in [3.05, 3.63) is 48.0 Å². The Balaban J connectivity index is 1.53. The molecule has 1 aromatic rings. The van der Waals surface area contributed by atoms with Crippen LogP contribution in [0.15, 0.2) is 42.5 Å². The van der Waals surface area contributed by atoms with Gasteiger partial charge in [-0.1, -0.05) is 44.2 Å². The Morgan fingerprint density at radius 3 is 2.55 bits per heavy atom. The minimum absolute atomic E-state index is 0.0359. The fraction of sp³-hybridized carbons (Fsp3) is 0.633. The largest absolute Gasteiger partial charge is 0.457 e. The predicted molar refractivity (Wildman–Crippen MR) is 137 cm³/mol. The molecule has 3 aliphatic heterocycles. The van der Waals surface area contributed by atoms with Crippen LogP contribution in [0.25, 0.3) is 0 Å². The number of hydrogen-bond donors (Lipinski definition) is 2. The van der Waals surface area contributed by atoms with Crippen LogP contribution in [0.2, 0.25) is 0 Å². The molecule has 38 heavy (non-hydrogen) atoms. The number of benzene rings is 1. The lowest BCUT2D eigenvalue weighted by Gasteiger charge is -2.50. The number of hydrogen-bond acceptors (Lipinski definition) is 7. The van der Waals surface area contributed by atoms with Crippen LogP contribution >= 0.6 is 0 Å². The second kappa shape index (κ2) is 8.47. The van der Waals surface area contributed by atoms with Gasteiger partial charge in [0.05, 0.1) is 23.9 Å². The van der Waals surface area contributed by atoms with Crippen LogP contribution in [-0.2, 0) is 35.0 Å². The number of epoxide rings is 2. The predicted octanol–water partition coefficient (Wildman–Crippen LogP) is 2.37. The average molecular weight is 524 g/mol. The zero-order valence-corrected chi connectivity index (χ0v) is 22.5. The molecule has 8 heteroatoms. The van der Waals surface area contributed by atoms with E-state index in [-0.39, 0.29) is 53.8 Å². The fourth-order valence-electron chi connectivity index (χ4n) is 8.09. The van der Waals surface area contributed by atoms with Gasteiger partial charge in [-0.25, -0.2) is 0 Å². The van der Waals surface area contributed by atoms with Gasteiger partial charge in [-0.05, 0) is 50.3 Å². The number of esters is 1. The third kappa shape index (κ3) is 3.63. The number of carbonyl (C=O) groups excluding carboxylic acids is 3. The second-order valence-electron chi connectivity index (χ2n) is 12.4. The summed E-state index contributed by atoms with van der Waals surface area (Å²) in [7, 11) is 0. The summed E-state index contributed by atoms with van der Waals surface area (Å²) in [5.41, 5.74) is -2.30. The number of rotatable bonds is 3. The number of ether oxygens (including phenoxy) is 3. The van der Waals surface area contributed by atoms with E-state index in [1.807, 2.05) is 30.3 Å². The number of amides is 1. The van der Waals surface area contributed by atoms with Crippen molar-refractivity contribution >= 4 is 17.7 Å². The Labute approximate surface area is 223 Å². The molecule has 12 unspecified atom stereocenters. The van der Waals surface area contributed by atoms with Crippen molar-refractivity contribution < 1.29 is 33.7 Å². The molecule has 6 rings (SSSR count). The van der Waals surface area contributed by atoms with Crippen molar-refractivity contribution in [2.24, 2.45) is 29.1 Å². The first-order valence-corrected chi connectivity index (χ1v) is 13.7. The molecule has 1 aromatic carbocycles. The molecule has 5 aliphatic rings. The van der Waals surface area contributed by atoms with Crippen LogP contribution in [0.5, 0.6) is 0 Å². The number of Topliss-reactive ketones (excluding diaryl/α,β-unsaturated/α-hetero) is 1. The smallest absolute Gasteiger partial charge is 0.303 e. The molecule has 3 saturated heterocycles. The van der Waals surface area contributed by atoms with E-state index in [1.54, 1.807) is 13.0 Å². The van der Waals surface area contributed by atoms with E-state index in [0.29, 0.717) is 12.8 Å². The number of nitrogens with one attached hydrogen (secondary N) is 1. The summed E-state index contributed by atoms with van der Waals surface area (Å²) in [6.07, 6.45) is 2.22. The lowest BCUT2D eigenvalue weighted by Crippen LogP contribution is -2.62.